The highest BCUT2D eigenvalue weighted by Gasteiger charge is 2.25. The molecule has 0 bridgehead atoms. The Morgan fingerprint density at radius 3 is 2.23 bits per heavy atom. The number of hydrogen-bond donors (Lipinski definition) is 1. The van der Waals surface area contributed by atoms with E-state index < -0.39 is 0 Å². The minimum absolute atomic E-state index is 0.00586. The van der Waals surface area contributed by atoms with Crippen LogP contribution in [0.5, 0.6) is 5.75 Å². The number of ether oxygens (including phenoxy) is 1. The largest absolute Gasteiger partial charge is 0.483 e. The van der Waals surface area contributed by atoms with Gasteiger partial charge >= 0.3 is 0 Å². The fourth-order valence-electron chi connectivity index (χ4n) is 3.56. The van der Waals surface area contributed by atoms with Crippen molar-refractivity contribution in [2.45, 2.75) is 46.6 Å². The van der Waals surface area contributed by atoms with Crippen molar-refractivity contribution in [1.82, 2.24) is 9.80 Å². The van der Waals surface area contributed by atoms with Crippen LogP contribution in [0.3, 0.4) is 0 Å². The van der Waals surface area contributed by atoms with Gasteiger partial charge in [0.15, 0.2) is 6.61 Å². The lowest BCUT2D eigenvalue weighted by atomic mass is 9.97. The van der Waals surface area contributed by atoms with Gasteiger partial charge in [0.25, 0.3) is 5.91 Å². The van der Waals surface area contributed by atoms with E-state index in [9.17, 15) is 4.79 Å². The topological polar surface area (TPSA) is 58.8 Å². The Morgan fingerprint density at radius 2 is 1.73 bits per heavy atom. The number of likely N-dealkylation sites (tertiary alicyclic amines) is 1. The van der Waals surface area contributed by atoms with Crippen LogP contribution in [0.15, 0.2) is 0 Å². The van der Waals surface area contributed by atoms with Crippen LogP contribution in [-0.4, -0.2) is 55.0 Å². The summed E-state index contributed by atoms with van der Waals surface area (Å²) in [4.78, 5) is 16.7. The van der Waals surface area contributed by atoms with Crippen LogP contribution >= 0.6 is 0 Å². The number of likely N-dealkylation sites (N-methyl/N-ethyl adjacent to an activating group) is 1. The van der Waals surface area contributed by atoms with Gasteiger partial charge in [-0.15, -0.1) is 6.42 Å². The van der Waals surface area contributed by atoms with Crippen LogP contribution in [-0.2, 0) is 4.79 Å². The Bertz CT molecular complexity index is 684. The molecule has 2 rings (SSSR count). The molecule has 1 aromatic rings. The van der Waals surface area contributed by atoms with Crippen molar-refractivity contribution in [1.29, 1.82) is 0 Å². The number of piperidine rings is 1. The van der Waals surface area contributed by atoms with Crippen LogP contribution < -0.4 is 10.5 Å². The molecule has 1 fully saturated rings. The van der Waals surface area contributed by atoms with Crippen molar-refractivity contribution in [2.75, 3.05) is 39.0 Å². The average Bonchev–Trinajstić information content (AvgIpc) is 2.65. The molecule has 1 saturated heterocycles. The zero-order valence-electron chi connectivity index (χ0n) is 16.7. The lowest BCUT2D eigenvalue weighted by Gasteiger charge is -2.36. The van der Waals surface area contributed by atoms with Crippen molar-refractivity contribution >= 4 is 11.6 Å². The number of carbonyl (C=O) groups excluding carboxylic acids is 1. The summed E-state index contributed by atoms with van der Waals surface area (Å²) in [6, 6.07) is 0.247. The van der Waals surface area contributed by atoms with Gasteiger partial charge in [-0.2, -0.15) is 0 Å². The fourth-order valence-corrected chi connectivity index (χ4v) is 3.56. The Balaban J connectivity index is 1.98. The summed E-state index contributed by atoms with van der Waals surface area (Å²) in [5, 5.41) is 0. The van der Waals surface area contributed by atoms with Gasteiger partial charge in [0.1, 0.15) is 5.75 Å². The Labute approximate surface area is 157 Å². The smallest absolute Gasteiger partial charge is 0.260 e. The van der Waals surface area contributed by atoms with Gasteiger partial charge in [-0.05, 0) is 62.8 Å². The number of benzene rings is 1. The van der Waals surface area contributed by atoms with Gasteiger partial charge in [0.05, 0.1) is 6.54 Å². The first-order valence-corrected chi connectivity index (χ1v) is 9.18. The molecule has 0 saturated carbocycles. The van der Waals surface area contributed by atoms with Gasteiger partial charge in [-0.1, -0.05) is 5.92 Å². The van der Waals surface area contributed by atoms with Crippen LogP contribution in [0.25, 0.3) is 0 Å². The quantitative estimate of drug-likeness (QED) is 0.650. The Morgan fingerprint density at radius 1 is 1.19 bits per heavy atom. The molecule has 0 atom stereocenters. The van der Waals surface area contributed by atoms with Crippen molar-refractivity contribution in [2.24, 2.45) is 0 Å². The second-order valence-electron chi connectivity index (χ2n) is 7.25. The Kier molecular flexibility index (Phi) is 6.55. The highest BCUT2D eigenvalue weighted by Crippen LogP contribution is 2.34. The first-order chi connectivity index (χ1) is 12.3. The monoisotopic (exact) mass is 357 g/mol. The van der Waals surface area contributed by atoms with Gasteiger partial charge < -0.3 is 15.4 Å². The number of carbonyl (C=O) groups is 1. The molecule has 0 spiro atoms. The van der Waals surface area contributed by atoms with Gasteiger partial charge in [-0.25, -0.2) is 0 Å². The zero-order chi connectivity index (χ0) is 19.4. The van der Waals surface area contributed by atoms with E-state index in [0.717, 1.165) is 59.6 Å². The first-order valence-electron chi connectivity index (χ1n) is 9.18. The molecule has 142 valence electrons. The summed E-state index contributed by atoms with van der Waals surface area (Å²) in [6.45, 7) is 10.5. The molecule has 0 unspecified atom stereocenters. The predicted octanol–water partition coefficient (Wildman–Crippen LogP) is 2.44. The molecule has 5 nitrogen and oxygen atoms in total. The maximum atomic E-state index is 12.6. The molecule has 0 radical (unpaired) electrons. The van der Waals surface area contributed by atoms with Gasteiger partial charge in [0, 0.05) is 31.9 Å². The van der Waals surface area contributed by atoms with Crippen LogP contribution in [0.2, 0.25) is 0 Å². The van der Waals surface area contributed by atoms with Crippen molar-refractivity contribution < 1.29 is 9.53 Å². The fraction of sp³-hybridized carbons (Fsp3) is 0.571. The molecular formula is C21H31N3O2. The summed E-state index contributed by atoms with van der Waals surface area (Å²) in [5.74, 6) is 3.47. The third kappa shape index (κ3) is 4.13. The summed E-state index contributed by atoms with van der Waals surface area (Å²) >= 11 is 0. The van der Waals surface area contributed by atoms with E-state index in [1.54, 1.807) is 0 Å². The highest BCUT2D eigenvalue weighted by molar-refractivity contribution is 5.78. The molecule has 2 N–H and O–H groups in total. The standard InChI is InChI=1S/C21H31N3O2/c1-7-10-24-11-8-18(9-12-24)23(6)19(25)13-26-21-16(4)14(2)20(22)15(3)17(21)5/h1,18H,8-13,22H2,2-6H3. The minimum atomic E-state index is 0.00586. The predicted molar refractivity (Wildman–Crippen MR) is 106 cm³/mol. The number of nitrogens with two attached hydrogens (primary N) is 1. The van der Waals surface area contributed by atoms with Crippen LogP contribution in [0, 0.1) is 40.0 Å². The van der Waals surface area contributed by atoms with E-state index >= 15 is 0 Å². The number of nitrogens with zero attached hydrogens (tertiary/aromatic N) is 2. The molecule has 1 aliphatic heterocycles. The van der Waals surface area contributed by atoms with E-state index in [0.29, 0.717) is 6.54 Å². The van der Waals surface area contributed by atoms with Crippen LogP contribution in [0.1, 0.15) is 35.1 Å². The molecule has 5 heteroatoms. The third-order valence-corrected chi connectivity index (χ3v) is 5.77. The van der Waals surface area contributed by atoms with Crippen molar-refractivity contribution in [3.05, 3.63) is 22.3 Å². The number of rotatable bonds is 5. The summed E-state index contributed by atoms with van der Waals surface area (Å²) in [6.07, 6.45) is 7.26. The molecule has 0 aliphatic carbocycles. The molecule has 1 aliphatic rings. The molecule has 26 heavy (non-hydrogen) atoms. The third-order valence-electron chi connectivity index (χ3n) is 5.77. The van der Waals surface area contributed by atoms with E-state index in [4.69, 9.17) is 16.9 Å². The molecule has 1 heterocycles. The van der Waals surface area contributed by atoms with E-state index in [-0.39, 0.29) is 18.6 Å². The van der Waals surface area contributed by atoms with Crippen LogP contribution in [0.4, 0.5) is 5.69 Å². The normalized spacial score (nSPS) is 15.5. The summed E-state index contributed by atoms with van der Waals surface area (Å²) in [5.41, 5.74) is 11.0. The molecule has 0 aromatic heterocycles. The second-order valence-corrected chi connectivity index (χ2v) is 7.25. The minimum Gasteiger partial charge on any atom is -0.483 e. The Hall–Kier alpha value is -2.19. The van der Waals surface area contributed by atoms with Crippen molar-refractivity contribution in [3.8, 4) is 18.1 Å². The van der Waals surface area contributed by atoms with Gasteiger partial charge in [0.2, 0.25) is 0 Å². The SMILES string of the molecule is C#CCN1CCC(N(C)C(=O)COc2c(C)c(C)c(N)c(C)c2C)CC1. The first kappa shape index (κ1) is 20.1. The highest BCUT2D eigenvalue weighted by atomic mass is 16.5. The summed E-state index contributed by atoms with van der Waals surface area (Å²) < 4.78 is 5.93. The number of nitrogen functional groups attached to an aromatic ring is 1. The molecule has 1 amide bonds. The van der Waals surface area contributed by atoms with E-state index in [2.05, 4.69) is 10.8 Å². The lowest BCUT2D eigenvalue weighted by Crippen LogP contribution is -2.46. The van der Waals surface area contributed by atoms with Gasteiger partial charge in [-0.3, -0.25) is 9.69 Å². The van der Waals surface area contributed by atoms with E-state index in [1.165, 1.54) is 0 Å². The maximum Gasteiger partial charge on any atom is 0.260 e. The second kappa shape index (κ2) is 8.46. The molecule has 1 aromatic carbocycles. The number of anilines is 1. The summed E-state index contributed by atoms with van der Waals surface area (Å²) in [7, 11) is 1.87. The molecular weight excluding hydrogens is 326 g/mol. The zero-order valence-corrected chi connectivity index (χ0v) is 16.7. The number of terminal acetylenes is 1. The van der Waals surface area contributed by atoms with Crippen molar-refractivity contribution in [3.63, 3.8) is 0 Å². The maximum absolute atomic E-state index is 12.6. The average molecular weight is 357 g/mol. The number of hydrogen-bond acceptors (Lipinski definition) is 4. The van der Waals surface area contributed by atoms with E-state index in [1.807, 2.05) is 39.6 Å². The lowest BCUT2D eigenvalue weighted by molar-refractivity contribution is -0.135. The number of amides is 1.